The van der Waals surface area contributed by atoms with Crippen molar-refractivity contribution in [1.82, 2.24) is 30.9 Å². The molecule has 0 aliphatic heterocycles. The normalized spacial score (nSPS) is 16.9. The number of pyridine rings is 1. The highest BCUT2D eigenvalue weighted by Crippen LogP contribution is 2.33. The Morgan fingerprint density at radius 2 is 1.75 bits per heavy atom. The number of H-pyrrole nitrogens is 1. The lowest BCUT2D eigenvalue weighted by Gasteiger charge is -2.36. The van der Waals surface area contributed by atoms with Crippen molar-refractivity contribution in [2.75, 3.05) is 17.2 Å². The van der Waals surface area contributed by atoms with Crippen LogP contribution in [0.4, 0.5) is 16.3 Å². The van der Waals surface area contributed by atoms with Gasteiger partial charge in [-0.25, -0.2) is 14.9 Å². The lowest BCUT2D eigenvalue weighted by atomic mass is 9.81. The minimum Gasteiger partial charge on any atom is -0.444 e. The van der Waals surface area contributed by atoms with Crippen LogP contribution in [0.2, 0.25) is 0 Å². The molecule has 1 saturated carbocycles. The highest BCUT2D eigenvalue weighted by Gasteiger charge is 2.36. The first-order valence-corrected chi connectivity index (χ1v) is 16.1. The summed E-state index contributed by atoms with van der Waals surface area (Å²) in [5, 5.41) is 16.8. The first kappa shape index (κ1) is 34.0. The number of nitrogens with two attached hydrogens (primary N) is 2. The monoisotopic (exact) mass is 653 g/mol. The molecule has 0 unspecified atom stereocenters. The number of primary amides is 1. The summed E-state index contributed by atoms with van der Waals surface area (Å²) in [4.78, 5) is 45.8. The minimum absolute atomic E-state index is 0.166. The van der Waals surface area contributed by atoms with Gasteiger partial charge in [0.15, 0.2) is 5.82 Å². The number of nitrogens with one attached hydrogen (secondary N) is 2. The summed E-state index contributed by atoms with van der Waals surface area (Å²) in [6.07, 6.45) is 2.47. The molecule has 0 spiro atoms. The fourth-order valence-electron chi connectivity index (χ4n) is 6.17. The molecule has 0 bridgehead atoms. The third-order valence-corrected chi connectivity index (χ3v) is 8.55. The molecule has 4 aromatic rings. The number of tetrazole rings is 1. The Kier molecular flexibility index (Phi) is 10.4. The molecule has 3 amide bonds. The van der Waals surface area contributed by atoms with Gasteiger partial charge in [0, 0.05) is 41.4 Å². The SMILES string of the molecule is Cc1nc(N)ccc1-c1cccc(C[C@@H](C(N)=O)N(c2ccc(-c3nnn[nH]3)cc2)C(=O)[C@H]2CC[C@H](CNC(=O)OC(C)(C)C)CC2)c1. The second-order valence-electron chi connectivity index (χ2n) is 13.3. The molecule has 2 aromatic heterocycles. The van der Waals surface area contributed by atoms with Crippen molar-refractivity contribution in [3.05, 3.63) is 71.9 Å². The quantitative estimate of drug-likeness (QED) is 0.189. The number of nitrogens with zero attached hydrogens (tertiary/aromatic N) is 5. The number of aromatic amines is 1. The van der Waals surface area contributed by atoms with Gasteiger partial charge in [0.1, 0.15) is 17.5 Å². The van der Waals surface area contributed by atoms with Gasteiger partial charge in [-0.3, -0.25) is 14.5 Å². The van der Waals surface area contributed by atoms with E-state index < -0.39 is 23.6 Å². The minimum atomic E-state index is -0.956. The summed E-state index contributed by atoms with van der Waals surface area (Å²) in [6, 6.07) is 17.7. The Labute approximate surface area is 279 Å². The maximum atomic E-state index is 14.4. The van der Waals surface area contributed by atoms with Crippen LogP contribution in [0.5, 0.6) is 0 Å². The Morgan fingerprint density at radius 1 is 1.02 bits per heavy atom. The van der Waals surface area contributed by atoms with E-state index in [1.54, 1.807) is 35.2 Å². The predicted octanol–water partition coefficient (Wildman–Crippen LogP) is 4.58. The number of anilines is 2. The number of rotatable bonds is 10. The molecule has 1 fully saturated rings. The van der Waals surface area contributed by atoms with Crippen molar-refractivity contribution in [1.29, 1.82) is 0 Å². The van der Waals surface area contributed by atoms with Crippen molar-refractivity contribution in [2.45, 2.75) is 71.4 Å². The van der Waals surface area contributed by atoms with E-state index >= 15 is 0 Å². The summed E-state index contributed by atoms with van der Waals surface area (Å²) >= 11 is 0. The number of ether oxygens (including phenoxy) is 1. The van der Waals surface area contributed by atoms with Gasteiger partial charge in [0.05, 0.1) is 0 Å². The average molecular weight is 654 g/mol. The number of benzene rings is 2. The fraction of sp³-hybridized carbons (Fsp3) is 0.400. The van der Waals surface area contributed by atoms with E-state index in [9.17, 15) is 14.4 Å². The van der Waals surface area contributed by atoms with E-state index in [2.05, 4.69) is 30.9 Å². The van der Waals surface area contributed by atoms with Gasteiger partial charge in [0.25, 0.3) is 0 Å². The fourth-order valence-corrected chi connectivity index (χ4v) is 6.17. The van der Waals surface area contributed by atoms with Crippen molar-refractivity contribution in [3.8, 4) is 22.5 Å². The Hall–Kier alpha value is -5.33. The van der Waals surface area contributed by atoms with E-state index in [4.69, 9.17) is 16.2 Å². The second-order valence-corrected chi connectivity index (χ2v) is 13.3. The molecule has 48 heavy (non-hydrogen) atoms. The van der Waals surface area contributed by atoms with Gasteiger partial charge in [-0.1, -0.05) is 24.3 Å². The van der Waals surface area contributed by atoms with Crippen LogP contribution in [0, 0.1) is 18.8 Å². The summed E-state index contributed by atoms with van der Waals surface area (Å²) in [7, 11) is 0. The van der Waals surface area contributed by atoms with Gasteiger partial charge in [0.2, 0.25) is 11.8 Å². The zero-order valence-corrected chi connectivity index (χ0v) is 27.8. The molecule has 1 aliphatic carbocycles. The molecule has 1 atom stereocenters. The van der Waals surface area contributed by atoms with Gasteiger partial charge >= 0.3 is 6.09 Å². The van der Waals surface area contributed by atoms with E-state index in [1.165, 1.54) is 0 Å². The van der Waals surface area contributed by atoms with Crippen LogP contribution in [0.15, 0.2) is 60.7 Å². The van der Waals surface area contributed by atoms with Crippen LogP contribution in [-0.2, 0) is 20.7 Å². The first-order valence-electron chi connectivity index (χ1n) is 16.1. The number of aryl methyl sites for hydroxylation is 1. The summed E-state index contributed by atoms with van der Waals surface area (Å²) in [5.74, 6) is 0.0325. The molecule has 5 rings (SSSR count). The highest BCUT2D eigenvalue weighted by molar-refractivity contribution is 6.01. The number of amides is 3. The number of alkyl carbamates (subject to hydrolysis) is 1. The zero-order chi connectivity index (χ0) is 34.4. The van der Waals surface area contributed by atoms with Crippen molar-refractivity contribution >= 4 is 29.4 Å². The van der Waals surface area contributed by atoms with Crippen LogP contribution in [0.25, 0.3) is 22.5 Å². The van der Waals surface area contributed by atoms with Gasteiger partial charge in [-0.15, -0.1) is 5.10 Å². The molecular formula is C35H43N9O4. The lowest BCUT2D eigenvalue weighted by molar-refractivity contribution is -0.127. The summed E-state index contributed by atoms with van der Waals surface area (Å²) < 4.78 is 5.37. The lowest BCUT2D eigenvalue weighted by Crippen LogP contribution is -2.52. The largest absolute Gasteiger partial charge is 0.444 e. The van der Waals surface area contributed by atoms with Crippen LogP contribution in [0.1, 0.15) is 57.7 Å². The Balaban J connectivity index is 1.38. The molecule has 13 nitrogen and oxygen atoms in total. The number of carbonyl (C=O) groups is 3. The molecule has 0 radical (unpaired) electrons. The smallest absolute Gasteiger partial charge is 0.407 e. The van der Waals surface area contributed by atoms with Crippen LogP contribution < -0.4 is 21.7 Å². The Bertz CT molecular complexity index is 1730. The van der Waals surface area contributed by atoms with Crippen LogP contribution in [0.3, 0.4) is 0 Å². The number of nitrogen functional groups attached to an aromatic ring is 1. The molecule has 6 N–H and O–H groups in total. The number of aromatic nitrogens is 5. The topological polar surface area (TPSA) is 195 Å². The average Bonchev–Trinajstić information content (AvgIpc) is 3.59. The maximum Gasteiger partial charge on any atom is 0.407 e. The molecule has 2 heterocycles. The third-order valence-electron chi connectivity index (χ3n) is 8.55. The van der Waals surface area contributed by atoms with Crippen molar-refractivity contribution in [3.63, 3.8) is 0 Å². The van der Waals surface area contributed by atoms with Gasteiger partial charge in [-0.2, -0.15) is 0 Å². The van der Waals surface area contributed by atoms with E-state index in [1.807, 2.05) is 58.0 Å². The first-order chi connectivity index (χ1) is 22.9. The summed E-state index contributed by atoms with van der Waals surface area (Å²) in [6.45, 7) is 7.83. The second kappa shape index (κ2) is 14.6. The summed E-state index contributed by atoms with van der Waals surface area (Å²) in [5.41, 5.74) is 16.1. The number of hydrogen-bond acceptors (Lipinski definition) is 9. The van der Waals surface area contributed by atoms with Crippen LogP contribution in [-0.4, -0.2) is 61.7 Å². The Morgan fingerprint density at radius 3 is 2.38 bits per heavy atom. The van der Waals surface area contributed by atoms with Crippen molar-refractivity contribution < 1.29 is 19.1 Å². The van der Waals surface area contributed by atoms with Crippen molar-refractivity contribution in [2.24, 2.45) is 17.6 Å². The highest BCUT2D eigenvalue weighted by atomic mass is 16.6. The van der Waals surface area contributed by atoms with Gasteiger partial charge < -0.3 is 21.5 Å². The van der Waals surface area contributed by atoms with Gasteiger partial charge in [-0.05, 0) is 117 Å². The molecule has 2 aromatic carbocycles. The number of carbonyl (C=O) groups excluding carboxylic acids is 3. The molecule has 1 aliphatic rings. The maximum absolute atomic E-state index is 14.4. The van der Waals surface area contributed by atoms with E-state index in [-0.39, 0.29) is 24.2 Å². The molecule has 0 saturated heterocycles. The third kappa shape index (κ3) is 8.52. The van der Waals surface area contributed by atoms with Crippen LogP contribution >= 0.6 is 0 Å². The molecule has 13 heteroatoms. The number of hydrogen-bond donors (Lipinski definition) is 4. The van der Waals surface area contributed by atoms with E-state index in [0.29, 0.717) is 36.7 Å². The predicted molar refractivity (Wildman–Crippen MR) is 182 cm³/mol. The molecular weight excluding hydrogens is 610 g/mol. The standard InChI is InChI=1S/C35H43N9O4/c1-21-28(16-17-30(36)39-21)26-7-5-6-23(18-26)19-29(31(37)45)44(27-14-12-24(13-15-27)32-40-42-43-41-32)33(46)25-10-8-22(9-11-25)20-38-34(47)48-35(2,3)4/h5-7,12-18,22,25,29H,8-11,19-20H2,1-4H3,(H2,36,39)(H2,37,45)(H,38,47)(H,40,41,42,43)/t22-,25-,29-/m0/s1. The molecule has 252 valence electrons. The zero-order valence-electron chi connectivity index (χ0n) is 27.8. The van der Waals surface area contributed by atoms with E-state index in [0.717, 1.165) is 40.8 Å².